The number of carbonyl (C=O) groups excluding carboxylic acids is 1. The van der Waals surface area contributed by atoms with Gasteiger partial charge >= 0.3 is 0 Å². The zero-order chi connectivity index (χ0) is 19.7. The predicted molar refractivity (Wildman–Crippen MR) is 110 cm³/mol. The average Bonchev–Trinajstić information content (AvgIpc) is 3.26. The molecule has 1 aliphatic rings. The van der Waals surface area contributed by atoms with E-state index in [9.17, 15) is 4.79 Å². The second-order valence-corrected chi connectivity index (χ2v) is 7.18. The van der Waals surface area contributed by atoms with Crippen LogP contribution >= 0.6 is 0 Å². The second-order valence-electron chi connectivity index (χ2n) is 7.18. The number of aromatic nitrogens is 3. The van der Waals surface area contributed by atoms with E-state index >= 15 is 0 Å². The first-order chi connectivity index (χ1) is 13.5. The molecule has 1 aromatic carbocycles. The van der Waals surface area contributed by atoms with Gasteiger partial charge in [0.25, 0.3) is 5.91 Å². The molecule has 1 saturated heterocycles. The van der Waals surface area contributed by atoms with Crippen molar-refractivity contribution in [3.63, 3.8) is 0 Å². The number of nitrogen functional groups attached to an aromatic ring is 1. The first kappa shape index (κ1) is 18.2. The van der Waals surface area contributed by atoms with Crippen LogP contribution in [0.2, 0.25) is 0 Å². The van der Waals surface area contributed by atoms with E-state index in [1.807, 2.05) is 53.2 Å². The maximum absolute atomic E-state index is 12.7. The van der Waals surface area contributed by atoms with Crippen LogP contribution in [0.25, 0.3) is 10.9 Å². The number of rotatable bonds is 4. The fraction of sp³-hybridized carbons (Fsp3) is 0.333. The van der Waals surface area contributed by atoms with Crippen LogP contribution < -0.4 is 10.6 Å². The zero-order valence-corrected chi connectivity index (χ0v) is 16.2. The fourth-order valence-corrected chi connectivity index (χ4v) is 3.64. The van der Waals surface area contributed by atoms with Crippen LogP contribution in [-0.2, 0) is 0 Å². The minimum absolute atomic E-state index is 0.00427. The van der Waals surface area contributed by atoms with Gasteiger partial charge in [0, 0.05) is 37.3 Å². The third-order valence-electron chi connectivity index (χ3n) is 5.37. The molecule has 2 N–H and O–H groups in total. The summed E-state index contributed by atoms with van der Waals surface area (Å²) >= 11 is 0. The molecule has 7 heteroatoms. The molecule has 4 rings (SSSR count). The summed E-state index contributed by atoms with van der Waals surface area (Å²) < 4.78 is 0. The molecular formula is C21H24N6O. The van der Waals surface area contributed by atoms with E-state index in [2.05, 4.69) is 21.9 Å². The largest absolute Gasteiger partial charge is 0.368 e. The van der Waals surface area contributed by atoms with Crippen molar-refractivity contribution in [3.05, 3.63) is 53.9 Å². The predicted octanol–water partition coefficient (Wildman–Crippen LogP) is 3.04. The van der Waals surface area contributed by atoms with Crippen molar-refractivity contribution in [3.8, 4) is 0 Å². The van der Waals surface area contributed by atoms with Crippen LogP contribution in [0.3, 0.4) is 0 Å². The van der Waals surface area contributed by atoms with Gasteiger partial charge in [0.05, 0.1) is 17.3 Å². The van der Waals surface area contributed by atoms with Gasteiger partial charge in [0.15, 0.2) is 0 Å². The summed E-state index contributed by atoms with van der Waals surface area (Å²) in [6.07, 6.45) is 3.91. The van der Waals surface area contributed by atoms with Crippen molar-refractivity contribution in [2.24, 2.45) is 0 Å². The van der Waals surface area contributed by atoms with Gasteiger partial charge in [-0.2, -0.15) is 4.98 Å². The van der Waals surface area contributed by atoms with Gasteiger partial charge in [-0.1, -0.05) is 6.07 Å². The summed E-state index contributed by atoms with van der Waals surface area (Å²) in [5.41, 5.74) is 8.24. The van der Waals surface area contributed by atoms with E-state index in [1.54, 1.807) is 6.20 Å². The number of likely N-dealkylation sites (tertiary alicyclic amines) is 1. The number of benzene rings is 1. The monoisotopic (exact) mass is 376 g/mol. The molecule has 0 spiro atoms. The van der Waals surface area contributed by atoms with Gasteiger partial charge in [-0.25, -0.2) is 4.98 Å². The molecule has 144 valence electrons. The van der Waals surface area contributed by atoms with Crippen molar-refractivity contribution in [1.82, 2.24) is 19.9 Å². The van der Waals surface area contributed by atoms with E-state index in [0.29, 0.717) is 11.1 Å². The third kappa shape index (κ3) is 3.35. The van der Waals surface area contributed by atoms with Crippen LogP contribution in [0.4, 0.5) is 11.8 Å². The third-order valence-corrected chi connectivity index (χ3v) is 5.37. The van der Waals surface area contributed by atoms with Gasteiger partial charge in [0.2, 0.25) is 5.95 Å². The summed E-state index contributed by atoms with van der Waals surface area (Å²) in [7, 11) is 1.96. The molecule has 1 atom stereocenters. The minimum Gasteiger partial charge on any atom is -0.368 e. The van der Waals surface area contributed by atoms with Crippen LogP contribution in [-0.4, -0.2) is 45.9 Å². The molecule has 0 aliphatic carbocycles. The number of anilines is 2. The molecule has 3 heterocycles. The van der Waals surface area contributed by atoms with Crippen LogP contribution in [0, 0.1) is 0 Å². The number of pyridine rings is 1. The smallest absolute Gasteiger partial charge is 0.253 e. The number of hydrogen-bond donors (Lipinski definition) is 1. The summed E-state index contributed by atoms with van der Waals surface area (Å²) in [5, 5.41) is 0.859. The average molecular weight is 376 g/mol. The van der Waals surface area contributed by atoms with Gasteiger partial charge < -0.3 is 15.5 Å². The van der Waals surface area contributed by atoms with Crippen LogP contribution in [0.5, 0.6) is 0 Å². The van der Waals surface area contributed by atoms with E-state index < -0.39 is 0 Å². The van der Waals surface area contributed by atoms with E-state index in [0.717, 1.165) is 42.8 Å². The Hall–Kier alpha value is -3.22. The molecule has 0 unspecified atom stereocenters. The molecule has 1 fully saturated rings. The lowest BCUT2D eigenvalue weighted by Gasteiger charge is -2.26. The van der Waals surface area contributed by atoms with Crippen molar-refractivity contribution < 1.29 is 4.79 Å². The number of amides is 1. The lowest BCUT2D eigenvalue weighted by atomic mass is 10.1. The SMILES string of the molecule is C[C@H](c1ccccn1)N(C)c1nc(N)nc2cc(C(=O)N3CCCC3)ccc12. The molecule has 2 aromatic heterocycles. The number of nitrogens with two attached hydrogens (primary N) is 1. The number of hydrogen-bond acceptors (Lipinski definition) is 6. The molecule has 0 bridgehead atoms. The first-order valence-electron chi connectivity index (χ1n) is 9.55. The number of fused-ring (bicyclic) bond motifs is 1. The molecule has 7 nitrogen and oxygen atoms in total. The molecule has 3 aromatic rings. The molecule has 1 aliphatic heterocycles. The summed E-state index contributed by atoms with van der Waals surface area (Å²) in [5.74, 6) is 0.961. The highest BCUT2D eigenvalue weighted by Gasteiger charge is 2.22. The minimum atomic E-state index is 0.00427. The highest BCUT2D eigenvalue weighted by atomic mass is 16.2. The quantitative estimate of drug-likeness (QED) is 0.753. The Morgan fingerprint density at radius 2 is 1.96 bits per heavy atom. The van der Waals surface area contributed by atoms with Crippen molar-refractivity contribution in [1.29, 1.82) is 0 Å². The zero-order valence-electron chi connectivity index (χ0n) is 16.2. The molecular weight excluding hydrogens is 352 g/mol. The Morgan fingerprint density at radius 1 is 1.18 bits per heavy atom. The second kappa shape index (κ2) is 7.42. The van der Waals surface area contributed by atoms with Crippen molar-refractivity contribution in [2.75, 3.05) is 30.8 Å². The van der Waals surface area contributed by atoms with Crippen LogP contribution in [0.15, 0.2) is 42.6 Å². The Bertz CT molecular complexity index is 1000. The molecule has 28 heavy (non-hydrogen) atoms. The highest BCUT2D eigenvalue weighted by Crippen LogP contribution is 2.30. The van der Waals surface area contributed by atoms with E-state index in [1.165, 1.54) is 0 Å². The normalized spacial score (nSPS) is 15.0. The lowest BCUT2D eigenvalue weighted by molar-refractivity contribution is 0.0793. The molecule has 0 radical (unpaired) electrons. The summed E-state index contributed by atoms with van der Waals surface area (Å²) in [6.45, 7) is 3.70. The number of carbonyl (C=O) groups is 1. The Labute approximate surface area is 164 Å². The Kier molecular flexibility index (Phi) is 4.81. The van der Waals surface area contributed by atoms with Gasteiger partial charge in [0.1, 0.15) is 5.82 Å². The van der Waals surface area contributed by atoms with Gasteiger partial charge in [-0.3, -0.25) is 9.78 Å². The Morgan fingerprint density at radius 3 is 2.68 bits per heavy atom. The van der Waals surface area contributed by atoms with Crippen LogP contribution in [0.1, 0.15) is 41.9 Å². The number of nitrogens with zero attached hydrogens (tertiary/aromatic N) is 5. The van der Waals surface area contributed by atoms with Gasteiger partial charge in [-0.05, 0) is 50.1 Å². The van der Waals surface area contributed by atoms with Crippen molar-refractivity contribution in [2.45, 2.75) is 25.8 Å². The molecule has 1 amide bonds. The first-order valence-corrected chi connectivity index (χ1v) is 9.55. The lowest BCUT2D eigenvalue weighted by Crippen LogP contribution is -2.27. The maximum atomic E-state index is 12.7. The summed E-state index contributed by atoms with van der Waals surface area (Å²) in [4.78, 5) is 29.9. The van der Waals surface area contributed by atoms with Crippen molar-refractivity contribution >= 4 is 28.6 Å². The maximum Gasteiger partial charge on any atom is 0.253 e. The molecule has 0 saturated carbocycles. The highest BCUT2D eigenvalue weighted by molar-refractivity contribution is 6.00. The van der Waals surface area contributed by atoms with Gasteiger partial charge in [-0.15, -0.1) is 0 Å². The standard InChI is InChI=1S/C21H24N6O/c1-14(17-7-3-4-10-23-17)26(2)19-16-9-8-15(13-18(16)24-21(22)25-19)20(28)27-11-5-6-12-27/h3-4,7-10,13-14H,5-6,11-12H2,1-2H3,(H2,22,24,25)/t14-/m1/s1. The summed E-state index contributed by atoms with van der Waals surface area (Å²) in [6, 6.07) is 11.4. The Balaban J connectivity index is 1.72. The topological polar surface area (TPSA) is 88.2 Å². The van der Waals surface area contributed by atoms with E-state index in [-0.39, 0.29) is 17.9 Å². The fourth-order valence-electron chi connectivity index (χ4n) is 3.64. The van der Waals surface area contributed by atoms with E-state index in [4.69, 9.17) is 5.73 Å².